The molecule has 1 unspecified atom stereocenters. The summed E-state index contributed by atoms with van der Waals surface area (Å²) in [7, 11) is 1.61. The van der Waals surface area contributed by atoms with Crippen LogP contribution in [0, 0.1) is 0 Å². The molecule has 1 aliphatic heterocycles. The van der Waals surface area contributed by atoms with Crippen LogP contribution in [-0.2, 0) is 9.53 Å². The van der Waals surface area contributed by atoms with E-state index in [4.69, 9.17) is 27.9 Å². The first-order valence-corrected chi connectivity index (χ1v) is 5.13. The average Bonchev–Trinajstić information content (AvgIpc) is 2.50. The number of hydrogen-bond acceptors (Lipinski definition) is 3. The van der Waals surface area contributed by atoms with Crippen molar-refractivity contribution in [1.29, 1.82) is 0 Å². The van der Waals surface area contributed by atoms with Gasteiger partial charge in [0.2, 0.25) is 0 Å². The van der Waals surface area contributed by atoms with Gasteiger partial charge >= 0.3 is 0 Å². The van der Waals surface area contributed by atoms with Gasteiger partial charge in [-0.2, -0.15) is 0 Å². The van der Waals surface area contributed by atoms with Gasteiger partial charge in [-0.15, -0.1) is 12.4 Å². The molecule has 0 saturated carbocycles. The van der Waals surface area contributed by atoms with Crippen molar-refractivity contribution in [3.8, 4) is 0 Å². The second-order valence-electron chi connectivity index (χ2n) is 3.40. The van der Waals surface area contributed by atoms with Crippen LogP contribution in [0.15, 0.2) is 0 Å². The zero-order chi connectivity index (χ0) is 10.8. The molecule has 0 aromatic carbocycles. The molecule has 0 aliphatic carbocycles. The molecule has 2 atom stereocenters. The van der Waals surface area contributed by atoms with Gasteiger partial charge < -0.3 is 15.4 Å². The Hall–Kier alpha value is 0.260. The minimum atomic E-state index is -1.39. The van der Waals surface area contributed by atoms with Crippen molar-refractivity contribution in [2.45, 2.75) is 23.4 Å². The summed E-state index contributed by atoms with van der Waals surface area (Å²) in [6.45, 7) is 2.84. The second-order valence-corrected chi connectivity index (χ2v) is 5.11. The molecule has 1 aliphatic rings. The summed E-state index contributed by atoms with van der Waals surface area (Å²) >= 11 is 11.3. The summed E-state index contributed by atoms with van der Waals surface area (Å²) in [5, 5.41) is 5.83. The summed E-state index contributed by atoms with van der Waals surface area (Å²) in [5.41, 5.74) is 0. The molecule has 1 heterocycles. The monoisotopic (exact) mass is 276 g/mol. The third-order valence-electron chi connectivity index (χ3n) is 2.18. The van der Waals surface area contributed by atoms with Crippen LogP contribution in [0.5, 0.6) is 0 Å². The molecule has 0 spiro atoms. The van der Waals surface area contributed by atoms with Gasteiger partial charge in [0, 0.05) is 20.2 Å². The Bertz CT molecular complexity index is 220. The zero-order valence-electron chi connectivity index (χ0n) is 8.55. The van der Waals surface area contributed by atoms with Crippen molar-refractivity contribution < 1.29 is 9.53 Å². The lowest BCUT2D eigenvalue weighted by molar-refractivity contribution is -0.122. The number of nitrogens with one attached hydrogen (secondary N) is 2. The topological polar surface area (TPSA) is 50.4 Å². The van der Waals surface area contributed by atoms with Gasteiger partial charge in [-0.05, 0) is 6.92 Å². The van der Waals surface area contributed by atoms with Gasteiger partial charge in [0.1, 0.15) is 0 Å². The lowest BCUT2D eigenvalue weighted by Gasteiger charge is -2.21. The van der Waals surface area contributed by atoms with Crippen LogP contribution in [0.4, 0.5) is 0 Å². The molecule has 1 saturated heterocycles. The van der Waals surface area contributed by atoms with Gasteiger partial charge in [0.15, 0.2) is 4.33 Å². The number of amides is 1. The van der Waals surface area contributed by atoms with Crippen molar-refractivity contribution in [3.05, 3.63) is 0 Å². The second kappa shape index (κ2) is 6.11. The Balaban J connectivity index is 0.00000196. The number of halogens is 3. The quantitative estimate of drug-likeness (QED) is 0.747. The Kier molecular flexibility index (Phi) is 6.21. The minimum Gasteiger partial charge on any atom is -0.378 e. The molecule has 1 amide bonds. The smallest absolute Gasteiger partial charge is 0.256 e. The molecule has 1 fully saturated rings. The van der Waals surface area contributed by atoms with E-state index in [0.29, 0.717) is 6.54 Å². The number of carbonyl (C=O) groups is 1. The van der Waals surface area contributed by atoms with E-state index < -0.39 is 10.2 Å². The van der Waals surface area contributed by atoms with Crippen molar-refractivity contribution in [2.24, 2.45) is 0 Å². The van der Waals surface area contributed by atoms with Crippen LogP contribution < -0.4 is 10.6 Å². The highest BCUT2D eigenvalue weighted by Crippen LogP contribution is 2.20. The molecule has 0 bridgehead atoms. The standard InChI is InChI=1S/C8H14Cl2N2O2.ClH/c1-8(9,10)7(13)12-5-3-11-4-6(5)14-2;/h5-6,11H,3-4H2,1-2H3,(H,12,13);1H/t5?,6-;/m0./s1. The van der Waals surface area contributed by atoms with Gasteiger partial charge in [-0.3, -0.25) is 4.79 Å². The van der Waals surface area contributed by atoms with Gasteiger partial charge in [-0.1, -0.05) is 23.2 Å². The number of hydrogen-bond donors (Lipinski definition) is 2. The minimum absolute atomic E-state index is 0. The predicted octanol–water partition coefficient (Wildman–Crippen LogP) is 0.705. The van der Waals surface area contributed by atoms with Gasteiger partial charge in [0.05, 0.1) is 12.1 Å². The SMILES string of the molecule is CO[C@H]1CNCC1NC(=O)C(C)(Cl)Cl.Cl. The lowest BCUT2D eigenvalue weighted by Crippen LogP contribution is -2.48. The zero-order valence-corrected chi connectivity index (χ0v) is 10.9. The highest BCUT2D eigenvalue weighted by molar-refractivity contribution is 6.57. The highest BCUT2D eigenvalue weighted by Gasteiger charge is 2.34. The maximum absolute atomic E-state index is 11.4. The molecular formula is C8H15Cl3N2O2. The van der Waals surface area contributed by atoms with E-state index >= 15 is 0 Å². The van der Waals surface area contributed by atoms with Crippen molar-refractivity contribution in [1.82, 2.24) is 10.6 Å². The van der Waals surface area contributed by atoms with E-state index in [2.05, 4.69) is 10.6 Å². The fraction of sp³-hybridized carbons (Fsp3) is 0.875. The number of alkyl halides is 2. The maximum Gasteiger partial charge on any atom is 0.256 e. The van der Waals surface area contributed by atoms with E-state index in [1.165, 1.54) is 6.92 Å². The van der Waals surface area contributed by atoms with Crippen LogP contribution in [0.2, 0.25) is 0 Å². The van der Waals surface area contributed by atoms with Crippen molar-refractivity contribution >= 4 is 41.5 Å². The van der Waals surface area contributed by atoms with E-state index in [0.717, 1.165) is 6.54 Å². The molecule has 2 N–H and O–H groups in total. The molecule has 90 valence electrons. The van der Waals surface area contributed by atoms with E-state index in [9.17, 15) is 4.79 Å². The molecule has 0 aromatic heterocycles. The maximum atomic E-state index is 11.4. The Morgan fingerprint density at radius 1 is 1.53 bits per heavy atom. The third-order valence-corrected chi connectivity index (χ3v) is 2.52. The fourth-order valence-electron chi connectivity index (χ4n) is 1.34. The lowest BCUT2D eigenvalue weighted by atomic mass is 10.2. The number of rotatable bonds is 3. The summed E-state index contributed by atoms with van der Waals surface area (Å²) in [6, 6.07) is -0.0654. The summed E-state index contributed by atoms with van der Waals surface area (Å²) in [5.74, 6) is -0.392. The normalized spacial score (nSPS) is 25.9. The highest BCUT2D eigenvalue weighted by atomic mass is 35.5. The third kappa shape index (κ3) is 4.33. The van der Waals surface area contributed by atoms with Crippen molar-refractivity contribution in [3.63, 3.8) is 0 Å². The Morgan fingerprint density at radius 2 is 2.13 bits per heavy atom. The van der Waals surface area contributed by atoms with Crippen LogP contribution in [-0.4, -0.2) is 42.6 Å². The van der Waals surface area contributed by atoms with Crippen molar-refractivity contribution in [2.75, 3.05) is 20.2 Å². The number of methoxy groups -OCH3 is 1. The first-order chi connectivity index (χ1) is 6.45. The fourth-order valence-corrected chi connectivity index (χ4v) is 1.45. The number of ether oxygens (including phenoxy) is 1. The van der Waals surface area contributed by atoms with Gasteiger partial charge in [0.25, 0.3) is 5.91 Å². The molecule has 4 nitrogen and oxygen atoms in total. The van der Waals surface area contributed by atoms with Crippen LogP contribution >= 0.6 is 35.6 Å². The van der Waals surface area contributed by atoms with Crippen LogP contribution in [0.25, 0.3) is 0 Å². The molecule has 0 aromatic rings. The van der Waals surface area contributed by atoms with E-state index in [-0.39, 0.29) is 24.6 Å². The van der Waals surface area contributed by atoms with E-state index in [1.807, 2.05) is 0 Å². The molecule has 1 rings (SSSR count). The summed E-state index contributed by atoms with van der Waals surface area (Å²) in [4.78, 5) is 11.4. The predicted molar refractivity (Wildman–Crippen MR) is 63.0 cm³/mol. The summed E-state index contributed by atoms with van der Waals surface area (Å²) in [6.07, 6.45) is -0.0189. The first kappa shape index (κ1) is 15.3. The largest absolute Gasteiger partial charge is 0.378 e. The molecule has 15 heavy (non-hydrogen) atoms. The molecule has 0 radical (unpaired) electrons. The molecule has 7 heteroatoms. The summed E-state index contributed by atoms with van der Waals surface area (Å²) < 4.78 is 3.79. The average molecular weight is 278 g/mol. The Labute approximate surface area is 105 Å². The first-order valence-electron chi connectivity index (χ1n) is 4.37. The molecular weight excluding hydrogens is 262 g/mol. The number of carbonyl (C=O) groups excluding carboxylic acids is 1. The Morgan fingerprint density at radius 3 is 2.60 bits per heavy atom. The van der Waals surface area contributed by atoms with E-state index in [1.54, 1.807) is 7.11 Å². The van der Waals surface area contributed by atoms with Crippen LogP contribution in [0.3, 0.4) is 0 Å². The van der Waals surface area contributed by atoms with Gasteiger partial charge in [-0.25, -0.2) is 0 Å². The van der Waals surface area contributed by atoms with Crippen LogP contribution in [0.1, 0.15) is 6.92 Å².